The van der Waals surface area contributed by atoms with Crippen molar-refractivity contribution in [3.8, 4) is 55.8 Å². The Labute approximate surface area is 368 Å². The first kappa shape index (κ1) is 38.9. The zero-order chi connectivity index (χ0) is 42.4. The highest BCUT2D eigenvalue weighted by atomic mass is 14.8. The first-order valence-electron chi connectivity index (χ1n) is 21.3. The van der Waals surface area contributed by atoms with E-state index in [0.717, 1.165) is 78.3 Å². The van der Waals surface area contributed by atoms with Gasteiger partial charge in [-0.15, -0.1) is 0 Å². The summed E-state index contributed by atoms with van der Waals surface area (Å²) in [6, 6.07) is 81.1. The molecule has 1 aromatic heterocycles. The van der Waals surface area contributed by atoms with E-state index >= 15 is 0 Å². The molecule has 9 aromatic carbocycles. The van der Waals surface area contributed by atoms with Gasteiger partial charge in [0.2, 0.25) is 0 Å². The Morgan fingerprint density at radius 1 is 0.444 bits per heavy atom. The summed E-state index contributed by atoms with van der Waals surface area (Å²) in [5, 5.41) is 3.59. The Kier molecular flexibility index (Phi) is 11.0. The van der Waals surface area contributed by atoms with Crippen molar-refractivity contribution >= 4 is 39.8 Å². The largest absolute Gasteiger partial charge is 0.280 e. The number of aliphatic imine (C=N–C) groups is 2. The summed E-state index contributed by atoms with van der Waals surface area (Å²) >= 11 is 0. The first-order valence-corrected chi connectivity index (χ1v) is 21.3. The van der Waals surface area contributed by atoms with Crippen LogP contribution in [0.5, 0.6) is 0 Å². The van der Waals surface area contributed by atoms with Crippen molar-refractivity contribution in [2.75, 3.05) is 0 Å². The molecular formula is C60H43N3. The van der Waals surface area contributed by atoms with Crippen LogP contribution in [-0.2, 0) is 6.54 Å². The molecule has 0 bridgehead atoms. The highest BCUT2D eigenvalue weighted by molar-refractivity contribution is 6.14. The Morgan fingerprint density at radius 2 is 0.984 bits per heavy atom. The molecule has 0 atom stereocenters. The second kappa shape index (κ2) is 17.8. The van der Waals surface area contributed by atoms with E-state index in [4.69, 9.17) is 9.98 Å². The Morgan fingerprint density at radius 3 is 1.67 bits per heavy atom. The lowest BCUT2D eigenvalue weighted by molar-refractivity contribution is 1.07. The molecule has 3 heteroatoms. The van der Waals surface area contributed by atoms with Gasteiger partial charge in [0.15, 0.2) is 0 Å². The van der Waals surface area contributed by atoms with E-state index in [9.17, 15) is 0 Å². The fraction of sp³-hybridized carbons (Fsp3) is 0.0167. The monoisotopic (exact) mass is 805 g/mol. The van der Waals surface area contributed by atoms with Gasteiger partial charge in [0.25, 0.3) is 0 Å². The van der Waals surface area contributed by atoms with E-state index < -0.39 is 0 Å². The third-order valence-corrected chi connectivity index (χ3v) is 11.6. The zero-order valence-corrected chi connectivity index (χ0v) is 34.8. The fourth-order valence-electron chi connectivity index (χ4n) is 8.39. The molecule has 0 saturated carbocycles. The Bertz CT molecular complexity index is 3290. The maximum absolute atomic E-state index is 5.27. The van der Waals surface area contributed by atoms with Crippen LogP contribution in [0.1, 0.15) is 16.7 Å². The highest BCUT2D eigenvalue weighted by Gasteiger charge is 2.14. The van der Waals surface area contributed by atoms with E-state index in [-0.39, 0.29) is 0 Å². The number of hydrogen-bond donors (Lipinski definition) is 0. The van der Waals surface area contributed by atoms with Crippen LogP contribution >= 0.6 is 0 Å². The molecule has 0 fully saturated rings. The van der Waals surface area contributed by atoms with Crippen molar-refractivity contribution in [3.63, 3.8) is 0 Å². The van der Waals surface area contributed by atoms with Crippen LogP contribution in [0.15, 0.2) is 247 Å². The Hall–Kier alpha value is -8.27. The van der Waals surface area contributed by atoms with Crippen LogP contribution in [0.4, 0.5) is 0 Å². The second-order valence-electron chi connectivity index (χ2n) is 15.7. The summed E-state index contributed by atoms with van der Waals surface area (Å²) in [6.45, 7) is 4.49. The topological polar surface area (TPSA) is 37.6 Å². The molecule has 63 heavy (non-hydrogen) atoms. The number of nitrogens with zero attached hydrogens (tertiary/aromatic N) is 3. The predicted molar refractivity (Wildman–Crippen MR) is 267 cm³/mol. The van der Waals surface area contributed by atoms with Crippen molar-refractivity contribution in [2.45, 2.75) is 6.54 Å². The molecule has 0 amide bonds. The highest BCUT2D eigenvalue weighted by Crippen LogP contribution is 2.37. The molecular weight excluding hydrogens is 763 g/mol. The van der Waals surface area contributed by atoms with E-state index in [0.29, 0.717) is 6.54 Å². The maximum atomic E-state index is 5.27. The number of allylic oxidation sites excluding steroid dienone is 1. The number of aromatic nitrogens is 1. The number of benzene rings is 9. The number of hydrogen-bond acceptors (Lipinski definition) is 3. The molecule has 0 aliphatic heterocycles. The minimum absolute atomic E-state index is 0.494. The van der Waals surface area contributed by atoms with Crippen molar-refractivity contribution in [1.29, 1.82) is 0 Å². The molecule has 0 unspecified atom stereocenters. The summed E-state index contributed by atoms with van der Waals surface area (Å²) in [4.78, 5) is 15.1. The summed E-state index contributed by atoms with van der Waals surface area (Å²) in [5.41, 5.74) is 16.9. The molecule has 0 N–H and O–H groups in total. The summed E-state index contributed by atoms with van der Waals surface area (Å²) in [5.74, 6) is 0. The van der Waals surface area contributed by atoms with Crippen LogP contribution < -0.4 is 0 Å². The molecule has 298 valence electrons. The van der Waals surface area contributed by atoms with E-state index in [2.05, 4.69) is 236 Å². The lowest BCUT2D eigenvalue weighted by Gasteiger charge is -2.14. The molecule has 10 rings (SSSR count). The zero-order valence-electron chi connectivity index (χ0n) is 34.8. The van der Waals surface area contributed by atoms with Crippen LogP contribution in [0.2, 0.25) is 0 Å². The van der Waals surface area contributed by atoms with Crippen LogP contribution in [0.3, 0.4) is 0 Å². The van der Waals surface area contributed by atoms with Crippen LogP contribution in [0.25, 0.3) is 83.1 Å². The quantitative estimate of drug-likeness (QED) is 0.0948. The molecule has 0 saturated heterocycles. The van der Waals surface area contributed by atoms with Gasteiger partial charge in [0, 0.05) is 22.1 Å². The van der Waals surface area contributed by atoms with E-state index in [1.807, 2.05) is 12.1 Å². The first-order chi connectivity index (χ1) is 31.2. The van der Waals surface area contributed by atoms with Crippen molar-refractivity contribution in [2.24, 2.45) is 9.98 Å². The second-order valence-corrected chi connectivity index (χ2v) is 15.7. The SMILES string of the molecule is C=N/C(=C\C(=NCc1ccc(-c2cccc(-c3cc(-c4ccccc4)c4c(ccc5ccccc54)n3)c2)cc1)c1cccc(-c2ccccc2)c1)c1cccc(-c2ccccc2)c1. The third kappa shape index (κ3) is 8.41. The minimum atomic E-state index is 0.494. The van der Waals surface area contributed by atoms with Gasteiger partial charge < -0.3 is 0 Å². The van der Waals surface area contributed by atoms with E-state index in [1.165, 1.54) is 27.3 Å². The lowest BCUT2D eigenvalue weighted by Crippen LogP contribution is -2.01. The van der Waals surface area contributed by atoms with Gasteiger partial charge in [0.05, 0.1) is 29.2 Å². The molecule has 0 radical (unpaired) electrons. The number of rotatable bonds is 11. The van der Waals surface area contributed by atoms with Gasteiger partial charge in [-0.2, -0.15) is 0 Å². The predicted octanol–water partition coefficient (Wildman–Crippen LogP) is 15.5. The average Bonchev–Trinajstić information content (AvgIpc) is 3.37. The van der Waals surface area contributed by atoms with Crippen LogP contribution in [-0.4, -0.2) is 17.4 Å². The summed E-state index contributed by atoms with van der Waals surface area (Å²) in [6.07, 6.45) is 2.06. The van der Waals surface area contributed by atoms with Gasteiger partial charge in [-0.05, 0) is 104 Å². The van der Waals surface area contributed by atoms with Gasteiger partial charge in [0.1, 0.15) is 0 Å². The molecule has 3 nitrogen and oxygen atoms in total. The molecule has 1 heterocycles. The molecule has 0 aliphatic carbocycles. The van der Waals surface area contributed by atoms with Gasteiger partial charge in [-0.25, -0.2) is 4.98 Å². The molecule has 10 aromatic rings. The van der Waals surface area contributed by atoms with Crippen molar-refractivity contribution < 1.29 is 0 Å². The average molecular weight is 806 g/mol. The summed E-state index contributed by atoms with van der Waals surface area (Å²) < 4.78 is 0. The number of pyridine rings is 1. The van der Waals surface area contributed by atoms with E-state index in [1.54, 1.807) is 0 Å². The lowest BCUT2D eigenvalue weighted by atomic mass is 9.94. The minimum Gasteiger partial charge on any atom is -0.280 e. The number of fused-ring (bicyclic) bond motifs is 3. The normalized spacial score (nSPS) is 11.8. The fourth-order valence-corrected chi connectivity index (χ4v) is 8.39. The Balaban J connectivity index is 0.978. The maximum Gasteiger partial charge on any atom is 0.0722 e. The standard InChI is InChI=1S/C60H43N3/c1-61-57(51-26-13-23-48(36-51)43-16-5-2-6-17-43)40-58(52-27-14-24-49(37-52)44-18-7-3-8-19-44)62-41-42-30-32-45(33-31-42)50-25-15-28-53(38-50)59-39-55(46-20-9-4-10-21-46)60-54-29-12-11-22-47(54)34-35-56(60)63-59/h2-40H,1,41H2/b57-40-,62-58?. The van der Waals surface area contributed by atoms with Crippen LogP contribution in [0, 0.1) is 0 Å². The smallest absolute Gasteiger partial charge is 0.0722 e. The van der Waals surface area contributed by atoms with Gasteiger partial charge >= 0.3 is 0 Å². The van der Waals surface area contributed by atoms with Crippen molar-refractivity contribution in [1.82, 2.24) is 4.98 Å². The third-order valence-electron chi connectivity index (χ3n) is 11.6. The molecule has 0 aliphatic rings. The summed E-state index contributed by atoms with van der Waals surface area (Å²) in [7, 11) is 0. The van der Waals surface area contributed by atoms with Gasteiger partial charge in [-0.3, -0.25) is 9.98 Å². The van der Waals surface area contributed by atoms with Gasteiger partial charge in [-0.1, -0.05) is 200 Å². The van der Waals surface area contributed by atoms with Crippen molar-refractivity contribution in [3.05, 3.63) is 253 Å². The molecule has 0 spiro atoms.